The summed E-state index contributed by atoms with van der Waals surface area (Å²) in [6.07, 6.45) is 2.19. The maximum atomic E-state index is 13.7. The molecule has 0 spiro atoms. The predicted octanol–water partition coefficient (Wildman–Crippen LogP) is 5.12. The van der Waals surface area contributed by atoms with Crippen LogP contribution in [0.15, 0.2) is 65.0 Å². The van der Waals surface area contributed by atoms with Gasteiger partial charge < -0.3 is 20.1 Å². The summed E-state index contributed by atoms with van der Waals surface area (Å²) < 4.78 is 12.8. The van der Waals surface area contributed by atoms with Crippen molar-refractivity contribution in [3.05, 3.63) is 65.4 Å². The first-order chi connectivity index (χ1) is 16.6. The van der Waals surface area contributed by atoms with Crippen LogP contribution in [0, 0.1) is 0 Å². The topological polar surface area (TPSA) is 90.3 Å². The number of allylic oxidation sites excluding steroid dienone is 1. The number of unbranched alkanes of at least 4 members (excludes halogenated alkanes) is 1. The van der Waals surface area contributed by atoms with E-state index >= 15 is 0 Å². The first-order valence-corrected chi connectivity index (χ1v) is 12.2. The summed E-state index contributed by atoms with van der Waals surface area (Å²) in [4.78, 5) is 18.4. The van der Waals surface area contributed by atoms with Crippen molar-refractivity contribution in [1.82, 2.24) is 14.8 Å². The first kappa shape index (κ1) is 23.7. The summed E-state index contributed by atoms with van der Waals surface area (Å²) >= 11 is 1.61. The van der Waals surface area contributed by atoms with Gasteiger partial charge in [-0.3, -0.25) is 4.79 Å². The number of benzene rings is 2. The molecule has 1 aliphatic heterocycles. The number of aromatic nitrogens is 3. The van der Waals surface area contributed by atoms with Crippen molar-refractivity contribution in [2.45, 2.75) is 37.9 Å². The second-order valence-electron chi connectivity index (χ2n) is 7.83. The number of rotatable bonds is 9. The maximum Gasteiger partial charge on any atom is 0.255 e. The number of nitrogens with one attached hydrogen (secondary N) is 2. The van der Waals surface area contributed by atoms with Gasteiger partial charge in [-0.25, -0.2) is 4.68 Å². The van der Waals surface area contributed by atoms with Gasteiger partial charge in [0.1, 0.15) is 17.5 Å². The van der Waals surface area contributed by atoms with Gasteiger partial charge in [-0.1, -0.05) is 55.4 Å². The zero-order chi connectivity index (χ0) is 24.1. The fourth-order valence-electron chi connectivity index (χ4n) is 3.91. The van der Waals surface area contributed by atoms with Gasteiger partial charge in [0.05, 0.1) is 25.5 Å². The standard InChI is InChI=1S/C25H29N5O3S/c1-5-6-15-34-25-28-24-26-16(2)21(23(31)27-18-12-8-10-14-20(18)33-4)22(30(24)29-25)17-11-7-9-13-19(17)32-3/h7-14,22H,5-6,15H2,1-4H3,(H,27,31)(H,26,28,29). The average Bonchev–Trinajstić information content (AvgIpc) is 3.25. The lowest BCUT2D eigenvalue weighted by Gasteiger charge is -2.29. The van der Waals surface area contributed by atoms with Crippen LogP contribution in [0.5, 0.6) is 11.5 Å². The number of thioether (sulfide) groups is 1. The Morgan fingerprint density at radius 3 is 2.56 bits per heavy atom. The molecule has 0 saturated carbocycles. The molecule has 0 bridgehead atoms. The van der Waals surface area contributed by atoms with Crippen molar-refractivity contribution < 1.29 is 14.3 Å². The van der Waals surface area contributed by atoms with Gasteiger partial charge in [-0.15, -0.1) is 5.10 Å². The largest absolute Gasteiger partial charge is 0.496 e. The summed E-state index contributed by atoms with van der Waals surface area (Å²) in [5, 5.41) is 11.7. The molecule has 0 fully saturated rings. The van der Waals surface area contributed by atoms with Crippen molar-refractivity contribution in [2.75, 3.05) is 30.6 Å². The Balaban J connectivity index is 1.77. The van der Waals surface area contributed by atoms with Gasteiger partial charge in [0.15, 0.2) is 0 Å². The Bertz CT molecular complexity index is 1210. The molecule has 4 rings (SSSR count). The van der Waals surface area contributed by atoms with Crippen molar-refractivity contribution in [3.8, 4) is 11.5 Å². The van der Waals surface area contributed by atoms with Crippen LogP contribution in [0.3, 0.4) is 0 Å². The zero-order valence-electron chi connectivity index (χ0n) is 19.8. The highest BCUT2D eigenvalue weighted by Gasteiger charge is 2.36. The molecule has 8 nitrogen and oxygen atoms in total. The Morgan fingerprint density at radius 2 is 1.82 bits per heavy atom. The molecule has 34 heavy (non-hydrogen) atoms. The van der Waals surface area contributed by atoms with Crippen molar-refractivity contribution in [2.24, 2.45) is 0 Å². The molecule has 3 aromatic rings. The number of anilines is 2. The van der Waals surface area contributed by atoms with E-state index in [1.807, 2.05) is 55.5 Å². The number of ether oxygens (including phenoxy) is 2. The number of methoxy groups -OCH3 is 2. The van der Waals surface area contributed by atoms with E-state index in [2.05, 4.69) is 22.5 Å². The number of fused-ring (bicyclic) bond motifs is 1. The van der Waals surface area contributed by atoms with E-state index in [0.717, 1.165) is 24.2 Å². The number of hydrogen-bond acceptors (Lipinski definition) is 7. The van der Waals surface area contributed by atoms with Crippen molar-refractivity contribution in [3.63, 3.8) is 0 Å². The summed E-state index contributed by atoms with van der Waals surface area (Å²) in [5.41, 5.74) is 2.65. The van der Waals surface area contributed by atoms with Gasteiger partial charge >= 0.3 is 0 Å². The van der Waals surface area contributed by atoms with Gasteiger partial charge in [-0.05, 0) is 31.5 Å². The monoisotopic (exact) mass is 479 g/mol. The quantitative estimate of drug-likeness (QED) is 0.325. The van der Waals surface area contributed by atoms with Crippen LogP contribution in [0.2, 0.25) is 0 Å². The third-order valence-corrected chi connectivity index (χ3v) is 6.52. The fourth-order valence-corrected chi connectivity index (χ4v) is 4.82. The second kappa shape index (κ2) is 10.6. The lowest BCUT2D eigenvalue weighted by atomic mass is 9.94. The molecule has 0 saturated heterocycles. The zero-order valence-corrected chi connectivity index (χ0v) is 20.6. The van der Waals surface area contributed by atoms with Crippen LogP contribution in [0.4, 0.5) is 11.6 Å². The van der Waals surface area contributed by atoms with Crippen molar-refractivity contribution in [1.29, 1.82) is 0 Å². The molecule has 2 N–H and O–H groups in total. The number of nitrogens with zero attached hydrogens (tertiary/aromatic N) is 3. The molecule has 1 aliphatic rings. The molecule has 2 heterocycles. The van der Waals surface area contributed by atoms with E-state index < -0.39 is 6.04 Å². The summed E-state index contributed by atoms with van der Waals surface area (Å²) in [5.74, 6) is 2.54. The molecule has 1 atom stereocenters. The minimum absolute atomic E-state index is 0.258. The SMILES string of the molecule is CCCCSc1nc2n(n1)C(c1ccccc1OC)C(C(=O)Nc1ccccc1OC)=C(C)N2. The Labute approximate surface area is 203 Å². The highest BCUT2D eigenvalue weighted by atomic mass is 32.2. The molecule has 1 unspecified atom stereocenters. The minimum Gasteiger partial charge on any atom is -0.496 e. The van der Waals surface area contributed by atoms with Crippen LogP contribution in [-0.2, 0) is 4.79 Å². The highest BCUT2D eigenvalue weighted by molar-refractivity contribution is 7.99. The normalized spacial score (nSPS) is 14.9. The van der Waals surface area contributed by atoms with E-state index in [-0.39, 0.29) is 5.91 Å². The molecule has 1 aromatic heterocycles. The highest BCUT2D eigenvalue weighted by Crippen LogP contribution is 2.40. The molecular formula is C25H29N5O3S. The van der Waals surface area contributed by atoms with Crippen LogP contribution < -0.4 is 20.1 Å². The minimum atomic E-state index is -0.518. The summed E-state index contributed by atoms with van der Waals surface area (Å²) in [7, 11) is 3.20. The number of amides is 1. The van der Waals surface area contributed by atoms with Crippen molar-refractivity contribution >= 4 is 29.3 Å². The average molecular weight is 480 g/mol. The van der Waals surface area contributed by atoms with Gasteiger partial charge in [-0.2, -0.15) is 4.98 Å². The Morgan fingerprint density at radius 1 is 1.12 bits per heavy atom. The van der Waals surface area contributed by atoms with E-state index in [1.165, 1.54) is 0 Å². The second-order valence-corrected chi connectivity index (χ2v) is 8.89. The third kappa shape index (κ3) is 4.75. The smallest absolute Gasteiger partial charge is 0.255 e. The molecule has 0 aliphatic carbocycles. The van der Waals surface area contributed by atoms with E-state index in [0.29, 0.717) is 39.6 Å². The van der Waals surface area contributed by atoms with Gasteiger partial charge in [0.2, 0.25) is 11.1 Å². The number of hydrogen-bond donors (Lipinski definition) is 2. The summed E-state index contributed by atoms with van der Waals surface area (Å²) in [6.45, 7) is 4.03. The molecular weight excluding hydrogens is 450 g/mol. The molecule has 0 radical (unpaired) electrons. The van der Waals surface area contributed by atoms with E-state index in [1.54, 1.807) is 30.7 Å². The van der Waals surface area contributed by atoms with Gasteiger partial charge in [0.25, 0.3) is 5.91 Å². The molecule has 2 aromatic carbocycles. The number of para-hydroxylation sites is 3. The molecule has 1 amide bonds. The van der Waals surface area contributed by atoms with Gasteiger partial charge in [0, 0.05) is 17.0 Å². The summed E-state index contributed by atoms with van der Waals surface area (Å²) in [6, 6.07) is 14.5. The fraction of sp³-hybridized carbons (Fsp3) is 0.320. The number of carbonyl (C=O) groups excluding carboxylic acids is 1. The van der Waals surface area contributed by atoms with Crippen LogP contribution in [0.1, 0.15) is 38.3 Å². The molecule has 9 heteroatoms. The lowest BCUT2D eigenvalue weighted by molar-refractivity contribution is -0.113. The molecule has 178 valence electrons. The van der Waals surface area contributed by atoms with E-state index in [9.17, 15) is 4.79 Å². The number of carbonyl (C=O) groups is 1. The van der Waals surface area contributed by atoms with Crippen LogP contribution in [0.25, 0.3) is 0 Å². The lowest BCUT2D eigenvalue weighted by Crippen LogP contribution is -2.31. The van der Waals surface area contributed by atoms with E-state index in [4.69, 9.17) is 14.6 Å². The Kier molecular flexibility index (Phi) is 7.42. The third-order valence-electron chi connectivity index (χ3n) is 5.60. The predicted molar refractivity (Wildman–Crippen MR) is 135 cm³/mol. The first-order valence-electron chi connectivity index (χ1n) is 11.2. The maximum absolute atomic E-state index is 13.7. The van der Waals surface area contributed by atoms with Crippen LogP contribution in [-0.4, -0.2) is 40.6 Å². The Hall–Kier alpha value is -3.46. The van der Waals surface area contributed by atoms with Crippen LogP contribution >= 0.6 is 11.8 Å².